The van der Waals surface area contributed by atoms with Crippen molar-refractivity contribution in [2.75, 3.05) is 19.6 Å². The van der Waals surface area contributed by atoms with E-state index in [0.29, 0.717) is 5.69 Å². The highest BCUT2D eigenvalue weighted by molar-refractivity contribution is 5.92. The maximum atomic E-state index is 12.0. The number of nitrogens with one attached hydrogen (secondary N) is 2. The number of aromatic amines is 1. The summed E-state index contributed by atoms with van der Waals surface area (Å²) in [7, 11) is 0. The van der Waals surface area contributed by atoms with Crippen molar-refractivity contribution in [2.45, 2.75) is 39.2 Å². The van der Waals surface area contributed by atoms with Crippen LogP contribution in [-0.4, -0.2) is 46.7 Å². The van der Waals surface area contributed by atoms with Gasteiger partial charge in [0.25, 0.3) is 5.91 Å². The van der Waals surface area contributed by atoms with Crippen molar-refractivity contribution in [3.8, 4) is 0 Å². The van der Waals surface area contributed by atoms with Crippen LogP contribution in [-0.2, 0) is 0 Å². The van der Waals surface area contributed by atoms with Gasteiger partial charge in [-0.15, -0.1) is 0 Å². The molecule has 100 valence electrons. The molecular weight excluding hydrogens is 228 g/mol. The van der Waals surface area contributed by atoms with Gasteiger partial charge in [0.05, 0.1) is 0 Å². The summed E-state index contributed by atoms with van der Waals surface area (Å²) in [6.45, 7) is 7.27. The van der Waals surface area contributed by atoms with E-state index in [1.54, 1.807) is 6.07 Å². The molecule has 5 heteroatoms. The molecule has 0 radical (unpaired) electrons. The number of likely N-dealkylation sites (tertiary alicyclic amines) is 1. The fourth-order valence-corrected chi connectivity index (χ4v) is 2.35. The molecule has 2 rings (SSSR count). The number of hydrogen-bond donors (Lipinski definition) is 2. The zero-order chi connectivity index (χ0) is 13.0. The van der Waals surface area contributed by atoms with E-state index in [0.717, 1.165) is 31.7 Å². The van der Waals surface area contributed by atoms with Gasteiger partial charge in [-0.3, -0.25) is 9.89 Å². The summed E-state index contributed by atoms with van der Waals surface area (Å²) >= 11 is 0. The van der Waals surface area contributed by atoms with Crippen molar-refractivity contribution in [3.63, 3.8) is 0 Å². The summed E-state index contributed by atoms with van der Waals surface area (Å²) in [6, 6.07) is 1.99. The van der Waals surface area contributed by atoms with Gasteiger partial charge in [-0.1, -0.05) is 6.92 Å². The number of nitrogens with zero attached hydrogens (tertiary/aromatic N) is 2. The predicted octanol–water partition coefficient (Wildman–Crippen LogP) is 1.32. The monoisotopic (exact) mass is 250 g/mol. The van der Waals surface area contributed by atoms with Crippen LogP contribution in [0.3, 0.4) is 0 Å². The lowest BCUT2D eigenvalue weighted by Crippen LogP contribution is -2.42. The van der Waals surface area contributed by atoms with Crippen LogP contribution >= 0.6 is 0 Å². The van der Waals surface area contributed by atoms with Gasteiger partial charge in [-0.2, -0.15) is 5.10 Å². The molecule has 2 N–H and O–H groups in total. The van der Waals surface area contributed by atoms with E-state index in [1.165, 1.54) is 12.8 Å². The van der Waals surface area contributed by atoms with E-state index in [-0.39, 0.29) is 11.9 Å². The van der Waals surface area contributed by atoms with Crippen LogP contribution in [0.2, 0.25) is 0 Å². The van der Waals surface area contributed by atoms with Gasteiger partial charge in [0.1, 0.15) is 5.69 Å². The molecule has 1 unspecified atom stereocenters. The molecule has 0 spiro atoms. The first-order valence-electron chi connectivity index (χ1n) is 6.74. The quantitative estimate of drug-likeness (QED) is 0.828. The molecule has 1 aromatic heterocycles. The van der Waals surface area contributed by atoms with Crippen LogP contribution in [0.4, 0.5) is 0 Å². The smallest absolute Gasteiger partial charge is 0.272 e. The maximum absolute atomic E-state index is 12.0. The van der Waals surface area contributed by atoms with E-state index >= 15 is 0 Å². The Hall–Kier alpha value is -1.36. The fourth-order valence-electron chi connectivity index (χ4n) is 2.35. The molecule has 1 aliphatic rings. The van der Waals surface area contributed by atoms with Crippen LogP contribution in [0.1, 0.15) is 42.4 Å². The topological polar surface area (TPSA) is 61.0 Å². The summed E-state index contributed by atoms with van der Waals surface area (Å²) in [4.78, 5) is 14.4. The normalized spacial score (nSPS) is 17.9. The fraction of sp³-hybridized carbons (Fsp3) is 0.692. The molecule has 2 heterocycles. The highest BCUT2D eigenvalue weighted by Gasteiger charge is 2.19. The number of carbonyl (C=O) groups excluding carboxylic acids is 1. The van der Waals surface area contributed by atoms with E-state index in [4.69, 9.17) is 0 Å². The SMILES string of the molecule is CCC(CN1CCCC1)NC(=O)c1cc(C)[nH]n1. The molecule has 0 aromatic carbocycles. The number of carbonyl (C=O) groups is 1. The van der Waals surface area contributed by atoms with Gasteiger partial charge in [0.15, 0.2) is 0 Å². The zero-order valence-electron chi connectivity index (χ0n) is 11.2. The molecule has 1 fully saturated rings. The van der Waals surface area contributed by atoms with E-state index in [1.807, 2.05) is 6.92 Å². The second-order valence-electron chi connectivity index (χ2n) is 5.02. The van der Waals surface area contributed by atoms with E-state index < -0.39 is 0 Å². The number of rotatable bonds is 5. The molecule has 18 heavy (non-hydrogen) atoms. The Morgan fingerprint density at radius 3 is 2.83 bits per heavy atom. The molecular formula is C13H22N4O. The molecule has 1 amide bonds. The molecule has 1 saturated heterocycles. The largest absolute Gasteiger partial charge is 0.347 e. The minimum absolute atomic E-state index is 0.0783. The Labute approximate surface area is 108 Å². The summed E-state index contributed by atoms with van der Waals surface area (Å²) in [5, 5.41) is 9.84. The van der Waals surface area contributed by atoms with Crippen LogP contribution in [0.25, 0.3) is 0 Å². The van der Waals surface area contributed by atoms with Crippen molar-refractivity contribution in [1.82, 2.24) is 20.4 Å². The number of aromatic nitrogens is 2. The first kappa shape index (κ1) is 13.1. The van der Waals surface area contributed by atoms with Crippen molar-refractivity contribution in [3.05, 3.63) is 17.5 Å². The molecule has 1 aliphatic heterocycles. The lowest BCUT2D eigenvalue weighted by Gasteiger charge is -2.23. The Morgan fingerprint density at radius 2 is 2.28 bits per heavy atom. The van der Waals surface area contributed by atoms with Crippen LogP contribution in [0.5, 0.6) is 0 Å². The number of H-pyrrole nitrogens is 1. The summed E-state index contributed by atoms with van der Waals surface area (Å²) < 4.78 is 0. The van der Waals surface area contributed by atoms with Gasteiger partial charge in [0, 0.05) is 18.3 Å². The van der Waals surface area contributed by atoms with Crippen LogP contribution < -0.4 is 5.32 Å². The van der Waals surface area contributed by atoms with Crippen molar-refractivity contribution in [2.24, 2.45) is 0 Å². The summed E-state index contributed by atoms with van der Waals surface area (Å²) in [5.41, 5.74) is 1.39. The third-order valence-electron chi connectivity index (χ3n) is 3.44. The second kappa shape index (κ2) is 6.00. The Morgan fingerprint density at radius 1 is 1.56 bits per heavy atom. The van der Waals surface area contributed by atoms with Crippen LogP contribution in [0, 0.1) is 6.92 Å². The zero-order valence-corrected chi connectivity index (χ0v) is 11.2. The van der Waals surface area contributed by atoms with Gasteiger partial charge < -0.3 is 10.2 Å². The Bertz CT molecular complexity index is 395. The lowest BCUT2D eigenvalue weighted by atomic mass is 10.2. The first-order chi connectivity index (χ1) is 8.69. The van der Waals surface area contributed by atoms with Gasteiger partial charge in [-0.05, 0) is 45.3 Å². The molecule has 1 atom stereocenters. The van der Waals surface area contributed by atoms with Crippen LogP contribution in [0.15, 0.2) is 6.07 Å². The van der Waals surface area contributed by atoms with Gasteiger partial charge >= 0.3 is 0 Å². The minimum Gasteiger partial charge on any atom is -0.347 e. The maximum Gasteiger partial charge on any atom is 0.272 e. The highest BCUT2D eigenvalue weighted by Crippen LogP contribution is 2.09. The molecule has 5 nitrogen and oxygen atoms in total. The predicted molar refractivity (Wildman–Crippen MR) is 70.5 cm³/mol. The lowest BCUT2D eigenvalue weighted by molar-refractivity contribution is 0.0921. The summed E-state index contributed by atoms with van der Waals surface area (Å²) in [6.07, 6.45) is 3.51. The molecule has 0 aliphatic carbocycles. The third kappa shape index (κ3) is 3.32. The van der Waals surface area contributed by atoms with E-state index in [9.17, 15) is 4.79 Å². The van der Waals surface area contributed by atoms with Gasteiger partial charge in [-0.25, -0.2) is 0 Å². The van der Waals surface area contributed by atoms with E-state index in [2.05, 4.69) is 27.3 Å². The Kier molecular flexibility index (Phi) is 4.36. The average Bonchev–Trinajstić information content (AvgIpc) is 2.99. The van der Waals surface area contributed by atoms with Crippen molar-refractivity contribution in [1.29, 1.82) is 0 Å². The summed E-state index contributed by atoms with van der Waals surface area (Å²) in [5.74, 6) is -0.0783. The van der Waals surface area contributed by atoms with Gasteiger partial charge in [0.2, 0.25) is 0 Å². The average molecular weight is 250 g/mol. The third-order valence-corrected chi connectivity index (χ3v) is 3.44. The first-order valence-corrected chi connectivity index (χ1v) is 6.74. The number of aryl methyl sites for hydroxylation is 1. The van der Waals surface area contributed by atoms with Crippen molar-refractivity contribution < 1.29 is 4.79 Å². The molecule has 0 saturated carbocycles. The number of hydrogen-bond acceptors (Lipinski definition) is 3. The standard InChI is InChI=1S/C13H22N4O/c1-3-11(9-17-6-4-5-7-17)14-13(18)12-8-10(2)15-16-12/h8,11H,3-7,9H2,1-2H3,(H,14,18)(H,15,16). The molecule has 0 bridgehead atoms. The highest BCUT2D eigenvalue weighted by atomic mass is 16.2. The second-order valence-corrected chi connectivity index (χ2v) is 5.02. The Balaban J connectivity index is 1.87. The van der Waals surface area contributed by atoms with Crippen molar-refractivity contribution >= 4 is 5.91 Å². The minimum atomic E-state index is -0.0783. The molecule has 1 aromatic rings. The number of amides is 1.